The van der Waals surface area contributed by atoms with Crippen molar-refractivity contribution in [2.45, 2.75) is 6.92 Å². The van der Waals surface area contributed by atoms with Crippen molar-refractivity contribution in [3.8, 4) is 0 Å². The molecule has 0 aromatic heterocycles. The van der Waals surface area contributed by atoms with Gasteiger partial charge in [-0.05, 0) is 31.2 Å². The standard InChI is InChI=1S/C13H10F2O2/c1-2-3-10(14)7-13(17)12-5-4-11(15)6-9(12)8-16/h2-8H,1H3/b3-2+,10-7+. The van der Waals surface area contributed by atoms with Crippen molar-refractivity contribution in [1.29, 1.82) is 0 Å². The van der Waals surface area contributed by atoms with Crippen LogP contribution in [0.2, 0.25) is 0 Å². The number of aldehydes is 1. The van der Waals surface area contributed by atoms with E-state index in [1.165, 1.54) is 6.08 Å². The van der Waals surface area contributed by atoms with Gasteiger partial charge in [-0.1, -0.05) is 6.08 Å². The smallest absolute Gasteiger partial charge is 0.189 e. The van der Waals surface area contributed by atoms with Crippen LogP contribution in [-0.4, -0.2) is 12.1 Å². The summed E-state index contributed by atoms with van der Waals surface area (Å²) in [4.78, 5) is 22.2. The highest BCUT2D eigenvalue weighted by Gasteiger charge is 2.10. The van der Waals surface area contributed by atoms with Crippen LogP contribution in [0.3, 0.4) is 0 Å². The topological polar surface area (TPSA) is 34.1 Å². The SMILES string of the molecule is C/C=C/C(F)=C\C(=O)c1ccc(F)cc1C=O. The average Bonchev–Trinajstić information content (AvgIpc) is 2.28. The summed E-state index contributed by atoms with van der Waals surface area (Å²) in [5.41, 5.74) is -0.124. The Morgan fingerprint density at radius 1 is 1.35 bits per heavy atom. The van der Waals surface area contributed by atoms with E-state index in [1.807, 2.05) is 0 Å². The lowest BCUT2D eigenvalue weighted by molar-refractivity contribution is 0.103. The molecular formula is C13H10F2O2. The van der Waals surface area contributed by atoms with Crippen molar-refractivity contribution in [2.24, 2.45) is 0 Å². The van der Waals surface area contributed by atoms with Gasteiger partial charge in [-0.25, -0.2) is 8.78 Å². The molecule has 0 aliphatic carbocycles. The van der Waals surface area contributed by atoms with Gasteiger partial charge in [-0.15, -0.1) is 0 Å². The summed E-state index contributed by atoms with van der Waals surface area (Å²) in [6, 6.07) is 3.13. The molecule has 0 bridgehead atoms. The molecule has 0 saturated carbocycles. The van der Waals surface area contributed by atoms with Crippen molar-refractivity contribution < 1.29 is 18.4 Å². The van der Waals surface area contributed by atoms with E-state index in [9.17, 15) is 18.4 Å². The highest BCUT2D eigenvalue weighted by atomic mass is 19.1. The maximum Gasteiger partial charge on any atom is 0.189 e. The fourth-order valence-corrected chi connectivity index (χ4v) is 1.27. The molecule has 1 aromatic carbocycles. The predicted molar refractivity (Wildman–Crippen MR) is 60.1 cm³/mol. The van der Waals surface area contributed by atoms with Crippen LogP contribution in [0.15, 0.2) is 42.3 Å². The van der Waals surface area contributed by atoms with Crippen LogP contribution >= 0.6 is 0 Å². The summed E-state index contributed by atoms with van der Waals surface area (Å²) in [6.45, 7) is 1.60. The molecule has 0 N–H and O–H groups in total. The normalized spacial score (nSPS) is 11.8. The first-order chi connectivity index (χ1) is 8.08. The first-order valence-corrected chi connectivity index (χ1v) is 4.87. The molecule has 0 aliphatic heterocycles. The lowest BCUT2D eigenvalue weighted by Crippen LogP contribution is -2.01. The number of halogens is 2. The van der Waals surface area contributed by atoms with Crippen molar-refractivity contribution >= 4 is 12.1 Å². The number of hydrogen-bond acceptors (Lipinski definition) is 2. The number of ketones is 1. The van der Waals surface area contributed by atoms with E-state index in [-0.39, 0.29) is 11.1 Å². The van der Waals surface area contributed by atoms with Gasteiger partial charge in [0.25, 0.3) is 0 Å². The Kier molecular flexibility index (Phi) is 4.46. The van der Waals surface area contributed by atoms with Crippen LogP contribution < -0.4 is 0 Å². The Morgan fingerprint density at radius 3 is 2.65 bits per heavy atom. The molecular weight excluding hydrogens is 226 g/mol. The molecule has 0 unspecified atom stereocenters. The van der Waals surface area contributed by atoms with Gasteiger partial charge >= 0.3 is 0 Å². The summed E-state index contributed by atoms with van der Waals surface area (Å²) < 4.78 is 25.9. The maximum absolute atomic E-state index is 13.0. The number of rotatable bonds is 4. The number of carbonyl (C=O) groups is 2. The van der Waals surface area contributed by atoms with Gasteiger partial charge in [0.2, 0.25) is 0 Å². The monoisotopic (exact) mass is 236 g/mol. The Bertz CT molecular complexity index is 502. The third-order valence-electron chi connectivity index (χ3n) is 2.00. The van der Waals surface area contributed by atoms with E-state index in [0.717, 1.165) is 30.4 Å². The van der Waals surface area contributed by atoms with Crippen LogP contribution in [0.25, 0.3) is 0 Å². The molecule has 0 fully saturated rings. The lowest BCUT2D eigenvalue weighted by atomic mass is 10.0. The second-order valence-corrected chi connectivity index (χ2v) is 3.24. The average molecular weight is 236 g/mol. The summed E-state index contributed by atoms with van der Waals surface area (Å²) in [5.74, 6) is -2.03. The van der Waals surface area contributed by atoms with Gasteiger partial charge < -0.3 is 0 Å². The van der Waals surface area contributed by atoms with E-state index in [4.69, 9.17) is 0 Å². The van der Waals surface area contributed by atoms with Crippen molar-refractivity contribution in [3.05, 3.63) is 59.2 Å². The Hall–Kier alpha value is -2.10. The van der Waals surface area contributed by atoms with Crippen molar-refractivity contribution in [1.82, 2.24) is 0 Å². The van der Waals surface area contributed by atoms with Crippen LogP contribution in [0.1, 0.15) is 27.6 Å². The van der Waals surface area contributed by atoms with Crippen LogP contribution in [0.5, 0.6) is 0 Å². The molecule has 4 heteroatoms. The minimum Gasteiger partial charge on any atom is -0.298 e. The summed E-state index contributed by atoms with van der Waals surface area (Å²) in [5, 5.41) is 0. The Morgan fingerprint density at radius 2 is 2.06 bits per heavy atom. The maximum atomic E-state index is 13.0. The highest BCUT2D eigenvalue weighted by molar-refractivity contribution is 6.09. The predicted octanol–water partition coefficient (Wildman–Crippen LogP) is 3.25. The summed E-state index contributed by atoms with van der Waals surface area (Å²) in [6.07, 6.45) is 3.66. The van der Waals surface area contributed by atoms with Gasteiger partial charge in [0.1, 0.15) is 11.6 Å². The Balaban J connectivity index is 3.12. The molecule has 0 aliphatic rings. The molecule has 88 valence electrons. The number of benzene rings is 1. The molecule has 0 saturated heterocycles. The van der Waals surface area contributed by atoms with Crippen LogP contribution in [0, 0.1) is 5.82 Å². The number of hydrogen-bond donors (Lipinski definition) is 0. The van der Waals surface area contributed by atoms with Crippen molar-refractivity contribution in [3.63, 3.8) is 0 Å². The van der Waals surface area contributed by atoms with E-state index in [0.29, 0.717) is 6.29 Å². The second kappa shape index (κ2) is 5.84. The van der Waals surface area contributed by atoms with E-state index >= 15 is 0 Å². The molecule has 0 atom stereocenters. The molecule has 1 aromatic rings. The van der Waals surface area contributed by atoms with Gasteiger partial charge in [0.15, 0.2) is 12.1 Å². The van der Waals surface area contributed by atoms with E-state index in [1.54, 1.807) is 6.92 Å². The van der Waals surface area contributed by atoms with Crippen molar-refractivity contribution in [2.75, 3.05) is 0 Å². The van der Waals surface area contributed by atoms with Crippen LogP contribution in [0.4, 0.5) is 8.78 Å². The second-order valence-electron chi connectivity index (χ2n) is 3.24. The number of carbonyl (C=O) groups excluding carboxylic acids is 2. The Labute approximate surface area is 97.3 Å². The van der Waals surface area contributed by atoms with Gasteiger partial charge in [-0.3, -0.25) is 9.59 Å². The zero-order valence-electron chi connectivity index (χ0n) is 9.11. The third-order valence-corrected chi connectivity index (χ3v) is 2.00. The minimum atomic E-state index is -0.723. The minimum absolute atomic E-state index is 0.0268. The van der Waals surface area contributed by atoms with E-state index in [2.05, 4.69) is 0 Å². The zero-order chi connectivity index (χ0) is 12.8. The lowest BCUT2D eigenvalue weighted by Gasteiger charge is -2.00. The fraction of sp³-hybridized carbons (Fsp3) is 0.0769. The van der Waals surface area contributed by atoms with Crippen LogP contribution in [-0.2, 0) is 0 Å². The highest BCUT2D eigenvalue weighted by Crippen LogP contribution is 2.12. The van der Waals surface area contributed by atoms with Gasteiger partial charge in [0, 0.05) is 17.2 Å². The van der Waals surface area contributed by atoms with Gasteiger partial charge in [-0.2, -0.15) is 0 Å². The van der Waals surface area contributed by atoms with Gasteiger partial charge in [0.05, 0.1) is 0 Å². The quantitative estimate of drug-likeness (QED) is 0.348. The molecule has 2 nitrogen and oxygen atoms in total. The third kappa shape index (κ3) is 3.45. The summed E-state index contributed by atoms with van der Waals surface area (Å²) in [7, 11) is 0. The zero-order valence-corrected chi connectivity index (χ0v) is 9.11. The fourth-order valence-electron chi connectivity index (χ4n) is 1.27. The molecule has 0 amide bonds. The molecule has 0 heterocycles. The molecule has 0 radical (unpaired) electrons. The first kappa shape index (κ1) is 13.0. The first-order valence-electron chi connectivity index (χ1n) is 4.87. The molecule has 17 heavy (non-hydrogen) atoms. The summed E-state index contributed by atoms with van der Waals surface area (Å²) >= 11 is 0. The largest absolute Gasteiger partial charge is 0.298 e. The number of allylic oxidation sites excluding steroid dienone is 4. The van der Waals surface area contributed by atoms with E-state index < -0.39 is 17.4 Å². The molecule has 0 spiro atoms. The molecule has 1 rings (SSSR count).